The summed E-state index contributed by atoms with van der Waals surface area (Å²) in [5.41, 5.74) is 3.59. The van der Waals surface area contributed by atoms with E-state index >= 15 is 0 Å². The highest BCUT2D eigenvalue weighted by Crippen LogP contribution is 2.26. The molecule has 0 aliphatic heterocycles. The topological polar surface area (TPSA) is 96.1 Å². The Hall–Kier alpha value is -1.40. The second-order valence-corrected chi connectivity index (χ2v) is 4.76. The van der Waals surface area contributed by atoms with E-state index in [4.69, 9.17) is 5.84 Å². The summed E-state index contributed by atoms with van der Waals surface area (Å²) in [4.78, 5) is 8.35. The van der Waals surface area contributed by atoms with Gasteiger partial charge in [0.05, 0.1) is 6.10 Å². The largest absolute Gasteiger partial charge is 0.393 e. The molecule has 1 aliphatic carbocycles. The molecule has 100 valence electrons. The number of hydrazine groups is 1. The number of rotatable bonds is 5. The Morgan fingerprint density at radius 1 is 1.39 bits per heavy atom. The number of nitrogens with two attached hydrogens (primary N) is 1. The number of nitrogen functional groups attached to an aromatic ring is 1. The molecule has 0 saturated heterocycles. The molecule has 1 aromatic rings. The van der Waals surface area contributed by atoms with E-state index < -0.39 is 0 Å². The fraction of sp³-hybridized carbons (Fsp3) is 0.667. The zero-order valence-electron chi connectivity index (χ0n) is 10.7. The van der Waals surface area contributed by atoms with E-state index in [0.29, 0.717) is 11.7 Å². The minimum absolute atomic E-state index is 0.130. The zero-order valence-corrected chi connectivity index (χ0v) is 10.7. The van der Waals surface area contributed by atoms with Crippen LogP contribution >= 0.6 is 0 Å². The summed E-state index contributed by atoms with van der Waals surface area (Å²) >= 11 is 0. The van der Waals surface area contributed by atoms with Gasteiger partial charge < -0.3 is 15.8 Å². The van der Waals surface area contributed by atoms with Gasteiger partial charge >= 0.3 is 0 Å². The van der Waals surface area contributed by atoms with Gasteiger partial charge in [-0.15, -0.1) is 0 Å². The molecule has 0 radical (unpaired) electrons. The van der Waals surface area contributed by atoms with Gasteiger partial charge in [-0.1, -0.05) is 6.92 Å². The Bertz CT molecular complexity index is 398. The molecule has 5 N–H and O–H groups in total. The molecule has 1 heterocycles. The molecule has 1 aromatic heterocycles. The van der Waals surface area contributed by atoms with Crippen molar-refractivity contribution in [3.63, 3.8) is 0 Å². The van der Waals surface area contributed by atoms with Crippen LogP contribution in [0, 0.1) is 5.92 Å². The van der Waals surface area contributed by atoms with Crippen LogP contribution in [0.15, 0.2) is 6.33 Å². The van der Waals surface area contributed by atoms with Gasteiger partial charge in [-0.05, 0) is 31.6 Å². The van der Waals surface area contributed by atoms with Crippen molar-refractivity contribution < 1.29 is 5.11 Å². The third kappa shape index (κ3) is 2.88. The highest BCUT2D eigenvalue weighted by atomic mass is 16.3. The highest BCUT2D eigenvalue weighted by Gasteiger charge is 2.22. The number of aliphatic hydroxyl groups excluding tert-OH is 1. The molecule has 6 heteroatoms. The molecule has 1 aliphatic rings. The summed E-state index contributed by atoms with van der Waals surface area (Å²) in [5.74, 6) is 7.46. The normalized spacial score (nSPS) is 23.1. The average molecular weight is 251 g/mol. The summed E-state index contributed by atoms with van der Waals surface area (Å²) in [5, 5.41) is 12.8. The fourth-order valence-corrected chi connectivity index (χ4v) is 2.50. The lowest BCUT2D eigenvalue weighted by Gasteiger charge is -2.15. The van der Waals surface area contributed by atoms with E-state index in [9.17, 15) is 5.11 Å². The molecular formula is C12H21N5O. The molecule has 18 heavy (non-hydrogen) atoms. The van der Waals surface area contributed by atoms with E-state index in [1.54, 1.807) is 0 Å². The lowest BCUT2D eigenvalue weighted by atomic mass is 10.1. The van der Waals surface area contributed by atoms with Crippen LogP contribution in [-0.2, 0) is 6.42 Å². The summed E-state index contributed by atoms with van der Waals surface area (Å²) in [6, 6.07) is 0. The summed E-state index contributed by atoms with van der Waals surface area (Å²) in [6.07, 6.45) is 5.04. The number of hydrogen-bond acceptors (Lipinski definition) is 6. The average Bonchev–Trinajstić information content (AvgIpc) is 2.81. The van der Waals surface area contributed by atoms with Crippen LogP contribution in [0.5, 0.6) is 0 Å². The third-order valence-electron chi connectivity index (χ3n) is 3.51. The van der Waals surface area contributed by atoms with Crippen LogP contribution in [0.25, 0.3) is 0 Å². The number of nitrogens with zero attached hydrogens (tertiary/aromatic N) is 2. The number of aliphatic hydroxyl groups is 1. The van der Waals surface area contributed by atoms with E-state index in [-0.39, 0.29) is 6.10 Å². The predicted octanol–water partition coefficient (Wildman–Crippen LogP) is 0.897. The van der Waals surface area contributed by atoms with Gasteiger partial charge in [0.1, 0.15) is 18.0 Å². The number of anilines is 2. The van der Waals surface area contributed by atoms with Crippen molar-refractivity contribution in [2.45, 2.75) is 38.7 Å². The first-order chi connectivity index (χ1) is 8.74. The summed E-state index contributed by atoms with van der Waals surface area (Å²) in [6.45, 7) is 2.88. The Balaban J connectivity index is 2.00. The maximum Gasteiger partial charge on any atom is 0.148 e. The van der Waals surface area contributed by atoms with Crippen LogP contribution in [-0.4, -0.2) is 27.7 Å². The van der Waals surface area contributed by atoms with Crippen molar-refractivity contribution in [1.29, 1.82) is 0 Å². The Morgan fingerprint density at radius 2 is 2.17 bits per heavy atom. The van der Waals surface area contributed by atoms with Gasteiger partial charge in [0.25, 0.3) is 0 Å². The van der Waals surface area contributed by atoms with Gasteiger partial charge in [-0.2, -0.15) is 0 Å². The molecule has 0 spiro atoms. The van der Waals surface area contributed by atoms with Gasteiger partial charge in [0.15, 0.2) is 0 Å². The smallest absolute Gasteiger partial charge is 0.148 e. The number of nitrogens with one attached hydrogen (secondary N) is 2. The van der Waals surface area contributed by atoms with E-state index in [0.717, 1.165) is 43.6 Å². The first-order valence-corrected chi connectivity index (χ1v) is 6.47. The monoisotopic (exact) mass is 251 g/mol. The van der Waals surface area contributed by atoms with Crippen LogP contribution < -0.4 is 16.6 Å². The van der Waals surface area contributed by atoms with Gasteiger partial charge in [0.2, 0.25) is 0 Å². The molecule has 1 saturated carbocycles. The standard InChI is InChI=1S/C12H21N5O/c1-2-10-11(15-7-16-12(10)17-13)14-6-8-3-4-9(18)5-8/h7-9,18H,2-6,13H2,1H3,(H2,14,15,16,17). The first-order valence-electron chi connectivity index (χ1n) is 6.47. The van der Waals surface area contributed by atoms with E-state index in [1.165, 1.54) is 6.33 Å². The van der Waals surface area contributed by atoms with Crippen molar-refractivity contribution >= 4 is 11.6 Å². The van der Waals surface area contributed by atoms with E-state index in [1.807, 2.05) is 6.92 Å². The van der Waals surface area contributed by atoms with Crippen LogP contribution in [0.2, 0.25) is 0 Å². The van der Waals surface area contributed by atoms with Crippen LogP contribution in [0.3, 0.4) is 0 Å². The molecule has 0 aromatic carbocycles. The van der Waals surface area contributed by atoms with Crippen LogP contribution in [0.4, 0.5) is 11.6 Å². The van der Waals surface area contributed by atoms with Gasteiger partial charge in [0, 0.05) is 12.1 Å². The first kappa shape index (κ1) is 13.0. The van der Waals surface area contributed by atoms with Crippen molar-refractivity contribution in [3.05, 3.63) is 11.9 Å². The molecule has 0 amide bonds. The fourth-order valence-electron chi connectivity index (χ4n) is 2.50. The minimum Gasteiger partial charge on any atom is -0.393 e. The van der Waals surface area contributed by atoms with Crippen molar-refractivity contribution in [1.82, 2.24) is 9.97 Å². The lowest BCUT2D eigenvalue weighted by Crippen LogP contribution is -2.17. The van der Waals surface area contributed by atoms with Gasteiger partial charge in [-0.25, -0.2) is 15.8 Å². The zero-order chi connectivity index (χ0) is 13.0. The number of aromatic nitrogens is 2. The molecule has 2 unspecified atom stereocenters. The highest BCUT2D eigenvalue weighted by molar-refractivity contribution is 5.56. The third-order valence-corrected chi connectivity index (χ3v) is 3.51. The second kappa shape index (κ2) is 5.97. The molecule has 6 nitrogen and oxygen atoms in total. The summed E-state index contributed by atoms with van der Waals surface area (Å²) in [7, 11) is 0. The maximum atomic E-state index is 9.50. The van der Waals surface area contributed by atoms with Crippen LogP contribution in [0.1, 0.15) is 31.7 Å². The molecule has 0 bridgehead atoms. The Labute approximate surface area is 107 Å². The van der Waals surface area contributed by atoms with Crippen molar-refractivity contribution in [2.75, 3.05) is 17.3 Å². The second-order valence-electron chi connectivity index (χ2n) is 4.76. The van der Waals surface area contributed by atoms with Gasteiger partial charge in [-0.3, -0.25) is 0 Å². The van der Waals surface area contributed by atoms with E-state index in [2.05, 4.69) is 20.7 Å². The minimum atomic E-state index is -0.130. The maximum absolute atomic E-state index is 9.50. The lowest BCUT2D eigenvalue weighted by molar-refractivity contribution is 0.178. The molecule has 2 rings (SSSR count). The number of hydrogen-bond donors (Lipinski definition) is 4. The summed E-state index contributed by atoms with van der Waals surface area (Å²) < 4.78 is 0. The van der Waals surface area contributed by atoms with Crippen molar-refractivity contribution in [3.8, 4) is 0 Å². The van der Waals surface area contributed by atoms with Crippen molar-refractivity contribution in [2.24, 2.45) is 11.8 Å². The molecular weight excluding hydrogens is 230 g/mol. The molecule has 1 fully saturated rings. The quantitative estimate of drug-likeness (QED) is 0.458. The Morgan fingerprint density at radius 3 is 2.78 bits per heavy atom. The predicted molar refractivity (Wildman–Crippen MR) is 71.1 cm³/mol. The Kier molecular flexibility index (Phi) is 4.33. The molecule has 2 atom stereocenters. The SMILES string of the molecule is CCc1c(NN)ncnc1NCC1CCC(O)C1.